The zero-order chi connectivity index (χ0) is 20.7. The van der Waals surface area contributed by atoms with Gasteiger partial charge < -0.3 is 9.47 Å². The van der Waals surface area contributed by atoms with Gasteiger partial charge in [-0.05, 0) is 63.4 Å². The lowest BCUT2D eigenvalue weighted by Gasteiger charge is -2.42. The second-order valence-electron chi connectivity index (χ2n) is 8.06. The number of rotatable bonds is 4. The maximum Gasteiger partial charge on any atom is 0.179 e. The number of aryl methyl sites for hydroxylation is 1. The van der Waals surface area contributed by atoms with Gasteiger partial charge in [0.15, 0.2) is 11.6 Å². The van der Waals surface area contributed by atoms with Crippen molar-refractivity contribution in [3.63, 3.8) is 0 Å². The molecule has 2 aromatic carbocycles. The van der Waals surface area contributed by atoms with Crippen LogP contribution in [0.5, 0.6) is 11.5 Å². The summed E-state index contributed by atoms with van der Waals surface area (Å²) in [7, 11) is 0. The number of benzene rings is 2. The van der Waals surface area contributed by atoms with E-state index in [0.717, 1.165) is 5.56 Å². The zero-order valence-electron chi connectivity index (χ0n) is 16.8. The van der Waals surface area contributed by atoms with Crippen molar-refractivity contribution in [1.82, 2.24) is 0 Å². The largest absolute Gasteiger partial charge is 0.457 e. The minimum absolute atomic E-state index is 0.280. The third-order valence-electron chi connectivity index (χ3n) is 5.05. The van der Waals surface area contributed by atoms with Crippen molar-refractivity contribution >= 4 is 11.6 Å². The maximum absolute atomic E-state index is 13.5. The van der Waals surface area contributed by atoms with Crippen molar-refractivity contribution in [3.05, 3.63) is 59.4 Å². The van der Waals surface area contributed by atoms with Crippen LogP contribution in [0.1, 0.15) is 51.7 Å². The second kappa shape index (κ2) is 7.13. The van der Waals surface area contributed by atoms with E-state index in [9.17, 15) is 14.0 Å². The Morgan fingerprint density at radius 3 is 2.21 bits per heavy atom. The van der Waals surface area contributed by atoms with Gasteiger partial charge in [0, 0.05) is 6.07 Å². The molecule has 1 aliphatic heterocycles. The van der Waals surface area contributed by atoms with E-state index in [-0.39, 0.29) is 11.6 Å². The molecule has 5 heteroatoms. The molecule has 0 aliphatic carbocycles. The summed E-state index contributed by atoms with van der Waals surface area (Å²) in [4.78, 5) is 26.0. The molecular formula is C23H25FO4. The first-order chi connectivity index (χ1) is 13.0. The fourth-order valence-electron chi connectivity index (χ4n) is 3.65. The molecule has 3 rings (SSSR count). The second-order valence-corrected chi connectivity index (χ2v) is 8.06. The Labute approximate surface area is 164 Å². The molecule has 2 aromatic rings. The Kier molecular flexibility index (Phi) is 5.15. The van der Waals surface area contributed by atoms with Crippen LogP contribution in [-0.2, 0) is 20.7 Å². The van der Waals surface area contributed by atoms with Gasteiger partial charge in [-0.15, -0.1) is 0 Å². The first-order valence-electron chi connectivity index (χ1n) is 9.40. The summed E-state index contributed by atoms with van der Waals surface area (Å²) in [5.41, 5.74) is -0.689. The highest BCUT2D eigenvalue weighted by molar-refractivity contribution is 6.15. The molecule has 0 radical (unpaired) electrons. The predicted octanol–water partition coefficient (Wildman–Crippen LogP) is 4.99. The van der Waals surface area contributed by atoms with Crippen LogP contribution in [0.15, 0.2) is 42.5 Å². The van der Waals surface area contributed by atoms with E-state index in [1.807, 2.05) is 13.0 Å². The summed E-state index contributed by atoms with van der Waals surface area (Å²) < 4.78 is 25.2. The predicted molar refractivity (Wildman–Crippen MR) is 104 cm³/mol. The average molecular weight is 384 g/mol. The molecule has 0 unspecified atom stereocenters. The van der Waals surface area contributed by atoms with E-state index in [0.29, 0.717) is 23.5 Å². The van der Waals surface area contributed by atoms with Gasteiger partial charge in [0.05, 0.1) is 0 Å². The van der Waals surface area contributed by atoms with Crippen LogP contribution >= 0.6 is 0 Å². The van der Waals surface area contributed by atoms with Crippen LogP contribution in [0.25, 0.3) is 0 Å². The molecule has 1 saturated heterocycles. The van der Waals surface area contributed by atoms with Gasteiger partial charge in [0.25, 0.3) is 0 Å². The average Bonchev–Trinajstić information content (AvgIpc) is 2.60. The topological polar surface area (TPSA) is 52.6 Å². The Bertz CT molecular complexity index is 904. The summed E-state index contributed by atoms with van der Waals surface area (Å²) in [6, 6.07) is 11.2. The highest BCUT2D eigenvalue weighted by atomic mass is 19.1. The monoisotopic (exact) mass is 384 g/mol. The van der Waals surface area contributed by atoms with E-state index < -0.39 is 22.9 Å². The SMILES string of the molecule is CCc1ccc(C2C(=O)C(C)(C)OC(C)(C)C2=O)cc1Oc1cccc(F)c1. The van der Waals surface area contributed by atoms with Crippen LogP contribution in [0.2, 0.25) is 0 Å². The van der Waals surface area contributed by atoms with Crippen molar-refractivity contribution in [2.24, 2.45) is 0 Å². The molecule has 148 valence electrons. The Balaban J connectivity index is 2.04. The summed E-state index contributed by atoms with van der Waals surface area (Å²) in [6.07, 6.45) is 0.692. The lowest BCUT2D eigenvalue weighted by Crippen LogP contribution is -2.57. The van der Waals surface area contributed by atoms with E-state index in [2.05, 4.69) is 0 Å². The fraction of sp³-hybridized carbons (Fsp3) is 0.391. The molecule has 4 nitrogen and oxygen atoms in total. The van der Waals surface area contributed by atoms with Crippen molar-refractivity contribution in [3.8, 4) is 11.5 Å². The van der Waals surface area contributed by atoms with E-state index >= 15 is 0 Å². The third-order valence-corrected chi connectivity index (χ3v) is 5.05. The molecule has 0 saturated carbocycles. The van der Waals surface area contributed by atoms with Crippen LogP contribution < -0.4 is 4.74 Å². The number of Topliss-reactive ketones (excluding diaryl/α,β-unsaturated/α-hetero) is 2. The molecule has 0 N–H and O–H groups in total. The standard InChI is InChI=1S/C23H25FO4/c1-6-14-10-11-15(12-18(14)27-17-9-7-8-16(24)13-17)19-20(25)22(2,3)28-23(4,5)21(19)26/h7-13,19H,6H2,1-5H3. The molecule has 0 amide bonds. The lowest BCUT2D eigenvalue weighted by molar-refractivity contribution is -0.184. The molecule has 1 heterocycles. The van der Waals surface area contributed by atoms with Gasteiger partial charge in [0.1, 0.15) is 34.4 Å². The molecule has 1 fully saturated rings. The zero-order valence-corrected chi connectivity index (χ0v) is 16.8. The normalized spacial score (nSPS) is 18.9. The van der Waals surface area contributed by atoms with Crippen molar-refractivity contribution < 1.29 is 23.5 Å². The smallest absolute Gasteiger partial charge is 0.179 e. The van der Waals surface area contributed by atoms with Gasteiger partial charge in [-0.1, -0.05) is 25.1 Å². The van der Waals surface area contributed by atoms with Crippen LogP contribution in [0, 0.1) is 5.82 Å². The molecule has 28 heavy (non-hydrogen) atoms. The molecule has 0 bridgehead atoms. The summed E-state index contributed by atoms with van der Waals surface area (Å²) in [5, 5.41) is 0. The minimum atomic E-state index is -1.07. The molecular weight excluding hydrogens is 359 g/mol. The first kappa shape index (κ1) is 20.2. The molecule has 0 atom stereocenters. The molecule has 0 spiro atoms. The summed E-state index contributed by atoms with van der Waals surface area (Å²) in [6.45, 7) is 8.70. The van der Waals surface area contributed by atoms with Gasteiger partial charge in [-0.2, -0.15) is 0 Å². The highest BCUT2D eigenvalue weighted by Crippen LogP contribution is 2.40. The first-order valence-corrected chi connectivity index (χ1v) is 9.40. The Morgan fingerprint density at radius 1 is 1.00 bits per heavy atom. The number of carbonyl (C=O) groups is 2. The molecule has 0 aromatic heterocycles. The maximum atomic E-state index is 13.5. The van der Waals surface area contributed by atoms with Crippen LogP contribution in [-0.4, -0.2) is 22.8 Å². The van der Waals surface area contributed by atoms with Crippen molar-refractivity contribution in [2.75, 3.05) is 0 Å². The number of carbonyl (C=O) groups excluding carboxylic acids is 2. The summed E-state index contributed by atoms with van der Waals surface area (Å²) >= 11 is 0. The van der Waals surface area contributed by atoms with E-state index in [1.54, 1.807) is 52.0 Å². The van der Waals surface area contributed by atoms with Crippen molar-refractivity contribution in [2.45, 2.75) is 58.2 Å². The van der Waals surface area contributed by atoms with Crippen LogP contribution in [0.4, 0.5) is 4.39 Å². The fourth-order valence-corrected chi connectivity index (χ4v) is 3.65. The Morgan fingerprint density at radius 2 is 1.64 bits per heavy atom. The highest BCUT2D eigenvalue weighted by Gasteiger charge is 2.53. The quantitative estimate of drug-likeness (QED) is 0.697. The minimum Gasteiger partial charge on any atom is -0.457 e. The third kappa shape index (κ3) is 3.72. The van der Waals surface area contributed by atoms with E-state index in [1.165, 1.54) is 12.1 Å². The lowest BCUT2D eigenvalue weighted by atomic mass is 9.75. The van der Waals surface area contributed by atoms with Gasteiger partial charge in [-0.25, -0.2) is 4.39 Å². The summed E-state index contributed by atoms with van der Waals surface area (Å²) in [5.74, 6) is -1.02. The molecule has 1 aliphatic rings. The van der Waals surface area contributed by atoms with Crippen molar-refractivity contribution in [1.29, 1.82) is 0 Å². The number of ether oxygens (including phenoxy) is 2. The van der Waals surface area contributed by atoms with E-state index in [4.69, 9.17) is 9.47 Å². The number of halogens is 1. The van der Waals surface area contributed by atoms with Gasteiger partial charge in [-0.3, -0.25) is 9.59 Å². The van der Waals surface area contributed by atoms with Gasteiger partial charge in [0.2, 0.25) is 0 Å². The van der Waals surface area contributed by atoms with Gasteiger partial charge >= 0.3 is 0 Å². The number of ketones is 2. The van der Waals surface area contributed by atoms with Crippen LogP contribution in [0.3, 0.4) is 0 Å². The number of hydrogen-bond acceptors (Lipinski definition) is 4. The Hall–Kier alpha value is -2.53. The number of hydrogen-bond donors (Lipinski definition) is 0.